The van der Waals surface area contributed by atoms with Crippen molar-refractivity contribution >= 4 is 5.97 Å². The molecule has 0 aromatic carbocycles. The van der Waals surface area contributed by atoms with Crippen molar-refractivity contribution in [3.8, 4) is 0 Å². The second kappa shape index (κ2) is 4.44. The number of aliphatic hydroxyl groups excluding tert-OH is 1. The minimum Gasteiger partial charge on any atom is -0.481 e. The van der Waals surface area contributed by atoms with Crippen molar-refractivity contribution in [2.24, 2.45) is 13.0 Å². The molecule has 0 amide bonds. The lowest BCUT2D eigenvalue weighted by molar-refractivity contribution is -0.139. The second-order valence-corrected chi connectivity index (χ2v) is 3.83. The van der Waals surface area contributed by atoms with Crippen molar-refractivity contribution in [3.63, 3.8) is 0 Å². The monoisotopic (exact) mass is 212 g/mol. The molecule has 5 heteroatoms. The highest BCUT2D eigenvalue weighted by atomic mass is 16.4. The second-order valence-electron chi connectivity index (χ2n) is 3.83. The zero-order valence-corrected chi connectivity index (χ0v) is 9.14. The van der Waals surface area contributed by atoms with E-state index in [1.54, 1.807) is 24.9 Å². The summed E-state index contributed by atoms with van der Waals surface area (Å²) in [5.74, 6) is -1.21. The van der Waals surface area contributed by atoms with E-state index in [2.05, 4.69) is 5.10 Å². The Morgan fingerprint density at radius 1 is 1.67 bits per heavy atom. The van der Waals surface area contributed by atoms with Crippen LogP contribution in [0.4, 0.5) is 0 Å². The Balaban J connectivity index is 2.80. The highest BCUT2D eigenvalue weighted by Gasteiger charge is 2.22. The van der Waals surface area contributed by atoms with E-state index in [1.807, 2.05) is 6.92 Å². The van der Waals surface area contributed by atoms with Crippen molar-refractivity contribution in [1.82, 2.24) is 9.78 Å². The van der Waals surface area contributed by atoms with Gasteiger partial charge < -0.3 is 10.2 Å². The third-order valence-electron chi connectivity index (χ3n) is 2.63. The first kappa shape index (κ1) is 11.7. The number of aromatic nitrogens is 2. The predicted molar refractivity (Wildman–Crippen MR) is 54.3 cm³/mol. The molecule has 0 saturated carbocycles. The number of carboxylic acids is 1. The van der Waals surface area contributed by atoms with Crippen LogP contribution in [-0.4, -0.2) is 26.0 Å². The van der Waals surface area contributed by atoms with Crippen LogP contribution in [0.25, 0.3) is 0 Å². The van der Waals surface area contributed by atoms with Gasteiger partial charge in [-0.15, -0.1) is 0 Å². The summed E-state index contributed by atoms with van der Waals surface area (Å²) >= 11 is 0. The zero-order valence-electron chi connectivity index (χ0n) is 9.14. The van der Waals surface area contributed by atoms with E-state index in [4.69, 9.17) is 5.11 Å². The van der Waals surface area contributed by atoms with E-state index in [1.165, 1.54) is 0 Å². The van der Waals surface area contributed by atoms with Crippen LogP contribution in [0.2, 0.25) is 0 Å². The average Bonchev–Trinajstić information content (AvgIpc) is 2.45. The lowest BCUT2D eigenvalue weighted by Crippen LogP contribution is -2.14. The number of carboxylic acid groups (broad SMARTS) is 1. The molecule has 1 aromatic heterocycles. The first-order valence-corrected chi connectivity index (χ1v) is 4.81. The quantitative estimate of drug-likeness (QED) is 0.776. The summed E-state index contributed by atoms with van der Waals surface area (Å²) in [4.78, 5) is 10.5. The number of hydrogen-bond donors (Lipinski definition) is 2. The van der Waals surface area contributed by atoms with E-state index in [-0.39, 0.29) is 12.3 Å². The Morgan fingerprint density at radius 2 is 2.27 bits per heavy atom. The Bertz CT molecular complexity index is 360. The molecule has 0 aliphatic rings. The van der Waals surface area contributed by atoms with E-state index >= 15 is 0 Å². The van der Waals surface area contributed by atoms with Gasteiger partial charge in [-0.1, -0.05) is 6.92 Å². The number of nitrogens with zero attached hydrogens (tertiary/aromatic N) is 2. The summed E-state index contributed by atoms with van der Waals surface area (Å²) < 4.78 is 1.66. The molecule has 2 unspecified atom stereocenters. The lowest BCUT2D eigenvalue weighted by Gasteiger charge is -2.16. The SMILES string of the molecule is Cc1c(C(O)C(C)CC(=O)O)cnn1C. The van der Waals surface area contributed by atoms with Crippen molar-refractivity contribution in [2.45, 2.75) is 26.4 Å². The molecular weight excluding hydrogens is 196 g/mol. The molecule has 0 aliphatic heterocycles. The molecule has 1 aromatic rings. The van der Waals surface area contributed by atoms with Crippen LogP contribution in [0, 0.1) is 12.8 Å². The molecule has 2 N–H and O–H groups in total. The van der Waals surface area contributed by atoms with Gasteiger partial charge in [0.2, 0.25) is 0 Å². The van der Waals surface area contributed by atoms with Crippen LogP contribution in [0.1, 0.15) is 30.7 Å². The molecule has 1 rings (SSSR count). The Kier molecular flexibility index (Phi) is 3.47. The maximum Gasteiger partial charge on any atom is 0.303 e. The summed E-state index contributed by atoms with van der Waals surface area (Å²) in [5.41, 5.74) is 1.56. The summed E-state index contributed by atoms with van der Waals surface area (Å²) in [7, 11) is 1.79. The van der Waals surface area contributed by atoms with Gasteiger partial charge in [0.1, 0.15) is 0 Å². The number of aliphatic carboxylic acids is 1. The third kappa shape index (κ3) is 2.56. The normalized spacial score (nSPS) is 14.9. The van der Waals surface area contributed by atoms with Gasteiger partial charge in [0, 0.05) is 18.3 Å². The number of rotatable bonds is 4. The number of aliphatic hydroxyl groups is 1. The molecule has 0 bridgehead atoms. The third-order valence-corrected chi connectivity index (χ3v) is 2.63. The van der Waals surface area contributed by atoms with Crippen LogP contribution >= 0.6 is 0 Å². The molecule has 0 aliphatic carbocycles. The number of hydrogen-bond acceptors (Lipinski definition) is 3. The first-order valence-electron chi connectivity index (χ1n) is 4.81. The van der Waals surface area contributed by atoms with Crippen LogP contribution in [0.15, 0.2) is 6.20 Å². The number of aryl methyl sites for hydroxylation is 1. The fourth-order valence-corrected chi connectivity index (χ4v) is 1.50. The minimum atomic E-state index is -0.900. The summed E-state index contributed by atoms with van der Waals surface area (Å²) in [6.45, 7) is 3.56. The van der Waals surface area contributed by atoms with Crippen LogP contribution in [-0.2, 0) is 11.8 Å². The van der Waals surface area contributed by atoms with E-state index in [9.17, 15) is 9.90 Å². The maximum absolute atomic E-state index is 10.5. The van der Waals surface area contributed by atoms with Crippen LogP contribution in [0.5, 0.6) is 0 Å². The lowest BCUT2D eigenvalue weighted by atomic mass is 9.95. The number of carbonyl (C=O) groups is 1. The zero-order chi connectivity index (χ0) is 11.6. The molecule has 0 fully saturated rings. The largest absolute Gasteiger partial charge is 0.481 e. The van der Waals surface area contributed by atoms with Crippen molar-refractivity contribution in [2.75, 3.05) is 0 Å². The highest BCUT2D eigenvalue weighted by molar-refractivity contribution is 5.67. The van der Waals surface area contributed by atoms with Gasteiger partial charge in [0.15, 0.2) is 0 Å². The van der Waals surface area contributed by atoms with Crippen molar-refractivity contribution < 1.29 is 15.0 Å². The van der Waals surface area contributed by atoms with E-state index in [0.717, 1.165) is 5.69 Å². The Labute approximate surface area is 88.3 Å². The minimum absolute atomic E-state index is 0.0461. The molecule has 0 spiro atoms. The van der Waals surface area contributed by atoms with Gasteiger partial charge in [0.25, 0.3) is 0 Å². The van der Waals surface area contributed by atoms with E-state index < -0.39 is 12.1 Å². The van der Waals surface area contributed by atoms with Gasteiger partial charge >= 0.3 is 5.97 Å². The van der Waals surface area contributed by atoms with Gasteiger partial charge in [-0.05, 0) is 12.8 Å². The first-order chi connectivity index (χ1) is 6.93. The Hall–Kier alpha value is -1.36. The molecule has 0 saturated heterocycles. The molecule has 5 nitrogen and oxygen atoms in total. The van der Waals surface area contributed by atoms with E-state index in [0.29, 0.717) is 5.56 Å². The maximum atomic E-state index is 10.5. The molecule has 0 radical (unpaired) electrons. The summed E-state index contributed by atoms with van der Waals surface area (Å²) in [6.07, 6.45) is 0.767. The van der Waals surface area contributed by atoms with Gasteiger partial charge in [-0.3, -0.25) is 9.48 Å². The fraction of sp³-hybridized carbons (Fsp3) is 0.600. The summed E-state index contributed by atoms with van der Waals surface area (Å²) in [5, 5.41) is 22.5. The molecular formula is C10H16N2O3. The van der Waals surface area contributed by atoms with Gasteiger partial charge in [-0.2, -0.15) is 5.10 Å². The Morgan fingerprint density at radius 3 is 2.67 bits per heavy atom. The average molecular weight is 212 g/mol. The molecule has 15 heavy (non-hydrogen) atoms. The summed E-state index contributed by atoms with van der Waals surface area (Å²) in [6, 6.07) is 0. The molecule has 1 heterocycles. The van der Waals surface area contributed by atoms with Gasteiger partial charge in [0.05, 0.1) is 18.7 Å². The predicted octanol–water partition coefficient (Wildman–Crippen LogP) is 0.873. The fourth-order valence-electron chi connectivity index (χ4n) is 1.50. The molecule has 2 atom stereocenters. The van der Waals surface area contributed by atoms with Crippen molar-refractivity contribution in [3.05, 3.63) is 17.5 Å². The van der Waals surface area contributed by atoms with Crippen LogP contribution in [0.3, 0.4) is 0 Å². The van der Waals surface area contributed by atoms with Crippen LogP contribution < -0.4 is 0 Å². The topological polar surface area (TPSA) is 75.3 Å². The van der Waals surface area contributed by atoms with Gasteiger partial charge in [-0.25, -0.2) is 0 Å². The van der Waals surface area contributed by atoms with Crippen molar-refractivity contribution in [1.29, 1.82) is 0 Å². The standard InChI is InChI=1S/C10H16N2O3/c1-6(4-9(13)14)10(15)8-5-11-12(3)7(8)2/h5-6,10,15H,4H2,1-3H3,(H,13,14). The highest BCUT2D eigenvalue weighted by Crippen LogP contribution is 2.26. The smallest absolute Gasteiger partial charge is 0.303 e. The molecule has 84 valence electrons.